The summed E-state index contributed by atoms with van der Waals surface area (Å²) in [6.07, 6.45) is 2.93. The van der Waals surface area contributed by atoms with Gasteiger partial charge in [-0.15, -0.1) is 0 Å². The Morgan fingerprint density at radius 2 is 2.11 bits per heavy atom. The fourth-order valence-corrected chi connectivity index (χ4v) is 2.07. The van der Waals surface area contributed by atoms with Crippen LogP contribution in [0.4, 0.5) is 0 Å². The van der Waals surface area contributed by atoms with Crippen molar-refractivity contribution in [1.29, 1.82) is 0 Å². The first-order chi connectivity index (χ1) is 8.63. The van der Waals surface area contributed by atoms with Gasteiger partial charge in [-0.2, -0.15) is 0 Å². The highest BCUT2D eigenvalue weighted by atomic mass is 16.3. The van der Waals surface area contributed by atoms with Crippen LogP contribution in [0.25, 0.3) is 0 Å². The van der Waals surface area contributed by atoms with Crippen molar-refractivity contribution < 1.29 is 4.42 Å². The summed E-state index contributed by atoms with van der Waals surface area (Å²) >= 11 is 0. The molecule has 18 heavy (non-hydrogen) atoms. The lowest BCUT2D eigenvalue weighted by Gasteiger charge is -2.27. The smallest absolute Gasteiger partial charge is 0.117 e. The van der Waals surface area contributed by atoms with E-state index < -0.39 is 0 Å². The molecule has 1 aromatic heterocycles. The van der Waals surface area contributed by atoms with Crippen LogP contribution in [0.15, 0.2) is 22.8 Å². The highest BCUT2D eigenvalue weighted by Crippen LogP contribution is 2.10. The molecule has 0 bridgehead atoms. The number of hydrogen-bond acceptors (Lipinski definition) is 3. The standard InChI is InChI=1S/C15H28N2O/c1-5-17(12-15-7-6-10-18-15)14(4)8-9-16-11-13(2)3/h6-7,10,13-14,16H,5,8-9,11-12H2,1-4H3. The normalized spacial score (nSPS) is 13.4. The van der Waals surface area contributed by atoms with Gasteiger partial charge in [-0.1, -0.05) is 20.8 Å². The highest BCUT2D eigenvalue weighted by molar-refractivity contribution is 4.98. The van der Waals surface area contributed by atoms with Crippen LogP contribution in [0.5, 0.6) is 0 Å². The van der Waals surface area contributed by atoms with Gasteiger partial charge in [0.2, 0.25) is 0 Å². The molecule has 1 N–H and O–H groups in total. The number of nitrogens with zero attached hydrogens (tertiary/aromatic N) is 1. The lowest BCUT2D eigenvalue weighted by atomic mass is 10.1. The summed E-state index contributed by atoms with van der Waals surface area (Å²) in [5, 5.41) is 3.50. The Balaban J connectivity index is 2.26. The van der Waals surface area contributed by atoms with Gasteiger partial charge in [0.15, 0.2) is 0 Å². The van der Waals surface area contributed by atoms with Crippen LogP contribution in [-0.4, -0.2) is 30.6 Å². The minimum Gasteiger partial charge on any atom is -0.468 e. The molecule has 3 nitrogen and oxygen atoms in total. The number of nitrogens with one attached hydrogen (secondary N) is 1. The zero-order chi connectivity index (χ0) is 13.4. The Labute approximate surface area is 112 Å². The van der Waals surface area contributed by atoms with Crippen molar-refractivity contribution in [2.75, 3.05) is 19.6 Å². The van der Waals surface area contributed by atoms with Crippen LogP contribution >= 0.6 is 0 Å². The fraction of sp³-hybridized carbons (Fsp3) is 0.733. The maximum Gasteiger partial charge on any atom is 0.117 e. The van der Waals surface area contributed by atoms with E-state index in [9.17, 15) is 0 Å². The number of furan rings is 1. The lowest BCUT2D eigenvalue weighted by molar-refractivity contribution is 0.185. The van der Waals surface area contributed by atoms with E-state index in [2.05, 4.69) is 37.9 Å². The first-order valence-corrected chi connectivity index (χ1v) is 7.10. The largest absolute Gasteiger partial charge is 0.468 e. The molecule has 1 aromatic rings. The third-order valence-corrected chi connectivity index (χ3v) is 3.26. The monoisotopic (exact) mass is 252 g/mol. The molecule has 1 rings (SSSR count). The van der Waals surface area contributed by atoms with Gasteiger partial charge in [0.1, 0.15) is 5.76 Å². The molecule has 0 spiro atoms. The second-order valence-electron chi connectivity index (χ2n) is 5.38. The van der Waals surface area contributed by atoms with Gasteiger partial charge >= 0.3 is 0 Å². The van der Waals surface area contributed by atoms with Crippen LogP contribution in [0.2, 0.25) is 0 Å². The number of hydrogen-bond donors (Lipinski definition) is 1. The Hall–Kier alpha value is -0.800. The Bertz CT molecular complexity index is 295. The lowest BCUT2D eigenvalue weighted by Crippen LogP contribution is -2.35. The summed E-state index contributed by atoms with van der Waals surface area (Å²) in [6, 6.07) is 4.59. The maximum atomic E-state index is 5.42. The van der Waals surface area contributed by atoms with E-state index in [0.29, 0.717) is 6.04 Å². The zero-order valence-electron chi connectivity index (χ0n) is 12.3. The van der Waals surface area contributed by atoms with E-state index in [1.807, 2.05) is 12.1 Å². The van der Waals surface area contributed by atoms with Gasteiger partial charge in [-0.3, -0.25) is 4.90 Å². The molecule has 0 fully saturated rings. The summed E-state index contributed by atoms with van der Waals surface area (Å²) in [5.41, 5.74) is 0. The summed E-state index contributed by atoms with van der Waals surface area (Å²) in [6.45, 7) is 13.2. The molecule has 1 atom stereocenters. The zero-order valence-corrected chi connectivity index (χ0v) is 12.3. The van der Waals surface area contributed by atoms with E-state index in [0.717, 1.165) is 37.9 Å². The summed E-state index contributed by atoms with van der Waals surface area (Å²) in [7, 11) is 0. The highest BCUT2D eigenvalue weighted by Gasteiger charge is 2.13. The van der Waals surface area contributed by atoms with Crippen LogP contribution in [-0.2, 0) is 6.54 Å². The molecule has 0 amide bonds. The Morgan fingerprint density at radius 3 is 2.67 bits per heavy atom. The second-order valence-corrected chi connectivity index (χ2v) is 5.38. The van der Waals surface area contributed by atoms with Gasteiger partial charge in [-0.25, -0.2) is 0 Å². The third kappa shape index (κ3) is 5.69. The first-order valence-electron chi connectivity index (χ1n) is 7.10. The van der Waals surface area contributed by atoms with Crippen LogP contribution in [0.3, 0.4) is 0 Å². The molecule has 104 valence electrons. The molecule has 0 saturated carbocycles. The van der Waals surface area contributed by atoms with Crippen molar-refractivity contribution in [2.45, 2.75) is 46.7 Å². The van der Waals surface area contributed by atoms with E-state index in [-0.39, 0.29) is 0 Å². The average molecular weight is 252 g/mol. The van der Waals surface area contributed by atoms with Crippen molar-refractivity contribution >= 4 is 0 Å². The SMILES string of the molecule is CCN(Cc1ccco1)C(C)CCNCC(C)C. The molecular weight excluding hydrogens is 224 g/mol. The maximum absolute atomic E-state index is 5.42. The molecule has 3 heteroatoms. The Kier molecular flexibility index (Phi) is 7.06. The van der Waals surface area contributed by atoms with Crippen molar-refractivity contribution in [3.8, 4) is 0 Å². The molecular formula is C15H28N2O. The molecule has 0 radical (unpaired) electrons. The fourth-order valence-electron chi connectivity index (χ4n) is 2.07. The van der Waals surface area contributed by atoms with Gasteiger partial charge in [0, 0.05) is 6.04 Å². The predicted octanol–water partition coefficient (Wildman–Crippen LogP) is 3.13. The first kappa shape index (κ1) is 15.3. The van der Waals surface area contributed by atoms with Crippen LogP contribution in [0, 0.1) is 5.92 Å². The minimum atomic E-state index is 0.583. The van der Waals surface area contributed by atoms with E-state index in [4.69, 9.17) is 4.42 Å². The van der Waals surface area contributed by atoms with E-state index in [1.165, 1.54) is 6.42 Å². The molecule has 0 aliphatic rings. The topological polar surface area (TPSA) is 28.4 Å². The molecule has 0 saturated heterocycles. The number of rotatable bonds is 9. The van der Waals surface area contributed by atoms with Crippen molar-refractivity contribution in [3.63, 3.8) is 0 Å². The van der Waals surface area contributed by atoms with Gasteiger partial charge in [0.25, 0.3) is 0 Å². The molecule has 1 heterocycles. The van der Waals surface area contributed by atoms with Gasteiger partial charge in [-0.05, 0) is 51.0 Å². The summed E-state index contributed by atoms with van der Waals surface area (Å²) in [5.74, 6) is 1.78. The van der Waals surface area contributed by atoms with E-state index >= 15 is 0 Å². The predicted molar refractivity (Wildman–Crippen MR) is 76.6 cm³/mol. The molecule has 0 aromatic carbocycles. The van der Waals surface area contributed by atoms with Crippen LogP contribution in [0.1, 0.15) is 39.9 Å². The molecule has 0 aliphatic heterocycles. The quantitative estimate of drug-likeness (QED) is 0.684. The molecule has 1 unspecified atom stereocenters. The van der Waals surface area contributed by atoms with Crippen molar-refractivity contribution in [1.82, 2.24) is 10.2 Å². The summed E-state index contributed by atoms with van der Waals surface area (Å²) < 4.78 is 5.42. The minimum absolute atomic E-state index is 0.583. The summed E-state index contributed by atoms with van der Waals surface area (Å²) in [4.78, 5) is 2.45. The van der Waals surface area contributed by atoms with Crippen molar-refractivity contribution in [3.05, 3.63) is 24.2 Å². The van der Waals surface area contributed by atoms with Crippen molar-refractivity contribution in [2.24, 2.45) is 5.92 Å². The second kappa shape index (κ2) is 8.33. The molecule has 0 aliphatic carbocycles. The van der Waals surface area contributed by atoms with Crippen LogP contribution < -0.4 is 5.32 Å². The average Bonchev–Trinajstić information content (AvgIpc) is 2.84. The van der Waals surface area contributed by atoms with Gasteiger partial charge in [0.05, 0.1) is 12.8 Å². The third-order valence-electron chi connectivity index (χ3n) is 3.26. The van der Waals surface area contributed by atoms with Gasteiger partial charge < -0.3 is 9.73 Å². The van der Waals surface area contributed by atoms with E-state index in [1.54, 1.807) is 6.26 Å². The Morgan fingerprint density at radius 1 is 1.33 bits per heavy atom.